The van der Waals surface area contributed by atoms with Crippen LogP contribution >= 0.6 is 0 Å². The molecule has 0 fully saturated rings. The van der Waals surface area contributed by atoms with Gasteiger partial charge in [-0.1, -0.05) is 12.1 Å². The summed E-state index contributed by atoms with van der Waals surface area (Å²) in [5, 5.41) is 3.91. The van der Waals surface area contributed by atoms with Gasteiger partial charge in [-0.25, -0.2) is 5.43 Å². The number of nitrogens with one attached hydrogen (secondary N) is 1. The van der Waals surface area contributed by atoms with E-state index in [1.165, 1.54) is 5.69 Å². The summed E-state index contributed by atoms with van der Waals surface area (Å²) >= 11 is 0. The van der Waals surface area contributed by atoms with Gasteiger partial charge in [-0.2, -0.15) is 5.10 Å². The van der Waals surface area contributed by atoms with E-state index < -0.39 is 0 Å². The molecular weight excluding hydrogens is 238 g/mol. The molecule has 1 heterocycles. The van der Waals surface area contributed by atoms with Crippen LogP contribution in [0.2, 0.25) is 0 Å². The summed E-state index contributed by atoms with van der Waals surface area (Å²) in [7, 11) is 0. The van der Waals surface area contributed by atoms with E-state index in [2.05, 4.69) is 41.4 Å². The molecule has 1 aliphatic rings. The predicted molar refractivity (Wildman–Crippen MR) is 79.2 cm³/mol. The topological polar surface area (TPSA) is 44.7 Å². The van der Waals surface area contributed by atoms with Gasteiger partial charge in [0.05, 0.1) is 11.3 Å². The van der Waals surface area contributed by atoms with Gasteiger partial charge < -0.3 is 4.90 Å². The minimum Gasteiger partial charge on any atom is -0.372 e. The summed E-state index contributed by atoms with van der Waals surface area (Å²) in [4.78, 5) is 13.8. The lowest BCUT2D eigenvalue weighted by Crippen LogP contribution is -2.21. The molecule has 0 radical (unpaired) electrons. The van der Waals surface area contributed by atoms with Gasteiger partial charge in [0.15, 0.2) is 0 Å². The SMILES string of the molecule is CCN(CC)c1ccc(/C=C2/C(=O)NN=C2C)cc1. The third kappa shape index (κ3) is 2.84. The molecule has 1 aliphatic heterocycles. The third-order valence-electron chi connectivity index (χ3n) is 3.29. The molecule has 0 bridgehead atoms. The summed E-state index contributed by atoms with van der Waals surface area (Å²) in [5.74, 6) is -0.134. The summed E-state index contributed by atoms with van der Waals surface area (Å²) in [6.45, 7) is 8.09. The van der Waals surface area contributed by atoms with E-state index in [-0.39, 0.29) is 5.91 Å². The summed E-state index contributed by atoms with van der Waals surface area (Å²) < 4.78 is 0. The fourth-order valence-electron chi connectivity index (χ4n) is 2.13. The van der Waals surface area contributed by atoms with Crippen molar-refractivity contribution in [3.8, 4) is 0 Å². The van der Waals surface area contributed by atoms with E-state index in [0.29, 0.717) is 5.57 Å². The summed E-state index contributed by atoms with van der Waals surface area (Å²) in [5.41, 5.74) is 6.04. The lowest BCUT2D eigenvalue weighted by molar-refractivity contribution is -0.116. The Morgan fingerprint density at radius 2 is 1.84 bits per heavy atom. The molecule has 1 N–H and O–H groups in total. The number of hydrogen-bond donors (Lipinski definition) is 1. The molecule has 4 nitrogen and oxygen atoms in total. The number of carbonyl (C=O) groups is 1. The Hall–Kier alpha value is -2.10. The lowest BCUT2D eigenvalue weighted by Gasteiger charge is -2.20. The second-order valence-electron chi connectivity index (χ2n) is 4.46. The van der Waals surface area contributed by atoms with E-state index in [0.717, 1.165) is 24.4 Å². The first-order chi connectivity index (χ1) is 9.15. The Morgan fingerprint density at radius 3 is 2.32 bits per heavy atom. The van der Waals surface area contributed by atoms with Crippen LogP contribution in [0.5, 0.6) is 0 Å². The highest BCUT2D eigenvalue weighted by molar-refractivity contribution is 6.26. The number of nitrogens with zero attached hydrogens (tertiary/aromatic N) is 2. The van der Waals surface area contributed by atoms with Crippen molar-refractivity contribution in [3.63, 3.8) is 0 Å². The lowest BCUT2D eigenvalue weighted by atomic mass is 10.1. The molecule has 0 saturated carbocycles. The first-order valence-corrected chi connectivity index (χ1v) is 6.57. The highest BCUT2D eigenvalue weighted by Gasteiger charge is 2.18. The van der Waals surface area contributed by atoms with Crippen molar-refractivity contribution in [3.05, 3.63) is 35.4 Å². The Kier molecular flexibility index (Phi) is 4.00. The maximum atomic E-state index is 11.6. The standard InChI is InChI=1S/C15H19N3O/c1-4-18(5-2)13-8-6-12(7-9-13)10-14-11(3)16-17-15(14)19/h6-10H,4-5H2,1-3H3,(H,17,19)/b14-10+. The maximum absolute atomic E-state index is 11.6. The molecule has 0 atom stereocenters. The number of benzene rings is 1. The molecule has 19 heavy (non-hydrogen) atoms. The average molecular weight is 257 g/mol. The number of carbonyl (C=O) groups excluding carboxylic acids is 1. The Labute approximate surface area is 113 Å². The van der Waals surface area contributed by atoms with Gasteiger partial charge in [-0.15, -0.1) is 0 Å². The minimum absolute atomic E-state index is 0.134. The van der Waals surface area contributed by atoms with E-state index in [1.54, 1.807) is 0 Å². The summed E-state index contributed by atoms with van der Waals surface area (Å²) in [6, 6.07) is 8.22. The molecule has 0 unspecified atom stereocenters. The van der Waals surface area contributed by atoms with Gasteiger partial charge in [0.25, 0.3) is 5.91 Å². The number of amides is 1. The van der Waals surface area contributed by atoms with Gasteiger partial charge in [0.1, 0.15) is 0 Å². The average Bonchev–Trinajstić information content (AvgIpc) is 2.74. The van der Waals surface area contributed by atoms with Crippen molar-refractivity contribution in [2.75, 3.05) is 18.0 Å². The number of hydrazone groups is 1. The fraction of sp³-hybridized carbons (Fsp3) is 0.333. The monoisotopic (exact) mass is 257 g/mol. The number of rotatable bonds is 4. The molecule has 4 heteroatoms. The first-order valence-electron chi connectivity index (χ1n) is 6.57. The highest BCUT2D eigenvalue weighted by atomic mass is 16.2. The van der Waals surface area contributed by atoms with Gasteiger partial charge >= 0.3 is 0 Å². The van der Waals surface area contributed by atoms with Crippen LogP contribution in [0.15, 0.2) is 34.9 Å². The van der Waals surface area contributed by atoms with E-state index in [4.69, 9.17) is 0 Å². The van der Waals surface area contributed by atoms with Crippen LogP contribution in [0.4, 0.5) is 5.69 Å². The van der Waals surface area contributed by atoms with Crippen LogP contribution in [-0.2, 0) is 4.79 Å². The van der Waals surface area contributed by atoms with Crippen LogP contribution in [-0.4, -0.2) is 24.7 Å². The van der Waals surface area contributed by atoms with E-state index in [1.807, 2.05) is 25.1 Å². The van der Waals surface area contributed by atoms with Crippen molar-refractivity contribution in [1.29, 1.82) is 0 Å². The molecule has 1 amide bonds. The third-order valence-corrected chi connectivity index (χ3v) is 3.29. The minimum atomic E-state index is -0.134. The smallest absolute Gasteiger partial charge is 0.273 e. The molecule has 100 valence electrons. The van der Waals surface area contributed by atoms with Crippen LogP contribution in [0.25, 0.3) is 6.08 Å². The van der Waals surface area contributed by atoms with Crippen molar-refractivity contribution in [2.24, 2.45) is 5.10 Å². The molecule has 0 aliphatic carbocycles. The molecular formula is C15H19N3O. The van der Waals surface area contributed by atoms with Crippen LogP contribution < -0.4 is 10.3 Å². The normalized spacial score (nSPS) is 16.5. The number of hydrogen-bond acceptors (Lipinski definition) is 3. The molecule has 0 saturated heterocycles. The Morgan fingerprint density at radius 1 is 1.21 bits per heavy atom. The van der Waals surface area contributed by atoms with Crippen molar-refractivity contribution in [2.45, 2.75) is 20.8 Å². The van der Waals surface area contributed by atoms with Crippen LogP contribution in [0, 0.1) is 0 Å². The number of anilines is 1. The molecule has 1 aromatic carbocycles. The predicted octanol–water partition coefficient (Wildman–Crippen LogP) is 2.42. The van der Waals surface area contributed by atoms with E-state index >= 15 is 0 Å². The zero-order valence-corrected chi connectivity index (χ0v) is 11.6. The Bertz CT molecular complexity index is 525. The molecule has 2 rings (SSSR count). The quantitative estimate of drug-likeness (QED) is 0.842. The highest BCUT2D eigenvalue weighted by Crippen LogP contribution is 2.18. The second-order valence-corrected chi connectivity index (χ2v) is 4.46. The molecule has 0 spiro atoms. The fourth-order valence-corrected chi connectivity index (χ4v) is 2.13. The zero-order chi connectivity index (χ0) is 13.8. The zero-order valence-electron chi connectivity index (χ0n) is 11.6. The molecule has 1 aromatic rings. The summed E-state index contributed by atoms with van der Waals surface area (Å²) in [6.07, 6.45) is 1.87. The molecule has 0 aromatic heterocycles. The second kappa shape index (κ2) is 5.69. The Balaban J connectivity index is 2.22. The van der Waals surface area contributed by atoms with Gasteiger partial charge in [-0.05, 0) is 44.5 Å². The van der Waals surface area contributed by atoms with E-state index in [9.17, 15) is 4.79 Å². The van der Waals surface area contributed by atoms with Gasteiger partial charge in [0, 0.05) is 18.8 Å². The van der Waals surface area contributed by atoms with Crippen molar-refractivity contribution >= 4 is 23.4 Å². The van der Waals surface area contributed by atoms with Gasteiger partial charge in [-0.3, -0.25) is 4.79 Å². The van der Waals surface area contributed by atoms with Gasteiger partial charge in [0.2, 0.25) is 0 Å². The van der Waals surface area contributed by atoms with Crippen LogP contribution in [0.3, 0.4) is 0 Å². The van der Waals surface area contributed by atoms with Crippen molar-refractivity contribution < 1.29 is 4.79 Å². The maximum Gasteiger partial charge on any atom is 0.273 e. The largest absolute Gasteiger partial charge is 0.372 e. The van der Waals surface area contributed by atoms with Crippen molar-refractivity contribution in [1.82, 2.24) is 5.43 Å². The first kappa shape index (κ1) is 13.3. The van der Waals surface area contributed by atoms with Crippen LogP contribution in [0.1, 0.15) is 26.3 Å².